The number of para-hydroxylation sites is 2. The molecule has 1 aromatic heterocycles. The van der Waals surface area contributed by atoms with Crippen LogP contribution >= 0.6 is 0 Å². The fourth-order valence-corrected chi connectivity index (χ4v) is 2.52. The molecule has 118 valence electrons. The molecule has 2 aromatic rings. The zero-order valence-corrected chi connectivity index (χ0v) is 12.9. The van der Waals surface area contributed by atoms with Gasteiger partial charge in [0.1, 0.15) is 11.6 Å². The Hall–Kier alpha value is -1.92. The lowest BCUT2D eigenvalue weighted by molar-refractivity contribution is -0.131. The smallest absolute Gasteiger partial charge is 0.239 e. The molecule has 1 aliphatic heterocycles. The van der Waals surface area contributed by atoms with E-state index in [-0.39, 0.29) is 17.9 Å². The third-order valence-electron chi connectivity index (χ3n) is 4.01. The van der Waals surface area contributed by atoms with Gasteiger partial charge in [-0.3, -0.25) is 9.69 Å². The first-order valence-corrected chi connectivity index (χ1v) is 7.56. The summed E-state index contributed by atoms with van der Waals surface area (Å²) < 4.78 is 11.1. The molecule has 0 saturated carbocycles. The maximum absolute atomic E-state index is 12.2. The second-order valence-electron chi connectivity index (χ2n) is 5.74. The number of hydrogen-bond donors (Lipinski definition) is 1. The Labute approximate surface area is 129 Å². The quantitative estimate of drug-likeness (QED) is 0.924. The van der Waals surface area contributed by atoms with Crippen LogP contribution in [-0.4, -0.2) is 55.2 Å². The molecular formula is C16H21N3O3. The van der Waals surface area contributed by atoms with Crippen molar-refractivity contribution < 1.29 is 13.9 Å². The summed E-state index contributed by atoms with van der Waals surface area (Å²) in [5, 5.41) is 2.96. The van der Waals surface area contributed by atoms with Crippen molar-refractivity contribution in [2.75, 3.05) is 33.4 Å². The predicted octanol–water partition coefficient (Wildman–Crippen LogP) is 1.38. The Bertz CT molecular complexity index is 622. The second kappa shape index (κ2) is 6.46. The number of benzene rings is 1. The molecular weight excluding hydrogens is 282 g/mol. The van der Waals surface area contributed by atoms with Gasteiger partial charge < -0.3 is 14.5 Å². The molecule has 1 saturated heterocycles. The maximum atomic E-state index is 12.2. The number of morpholine rings is 1. The van der Waals surface area contributed by atoms with E-state index in [1.54, 1.807) is 0 Å². The van der Waals surface area contributed by atoms with Crippen LogP contribution in [-0.2, 0) is 9.53 Å². The number of amides is 1. The van der Waals surface area contributed by atoms with Gasteiger partial charge in [-0.1, -0.05) is 19.1 Å². The zero-order valence-electron chi connectivity index (χ0n) is 12.9. The average molecular weight is 303 g/mol. The van der Waals surface area contributed by atoms with E-state index in [0.717, 1.165) is 17.6 Å². The van der Waals surface area contributed by atoms with Gasteiger partial charge in [-0.25, -0.2) is 4.98 Å². The maximum Gasteiger partial charge on any atom is 0.239 e. The minimum absolute atomic E-state index is 0.00911. The standard InChI is InChI=1S/C16H21N3O3/c1-11(16-18-12-5-3-4-6-14(12)22-16)9-17-15(20)13-10-21-8-7-19(13)2/h3-6,11,13H,7-10H2,1-2H3,(H,17,20). The summed E-state index contributed by atoms with van der Waals surface area (Å²) in [5.41, 5.74) is 1.62. The van der Waals surface area contributed by atoms with Crippen molar-refractivity contribution in [2.24, 2.45) is 0 Å². The Morgan fingerprint density at radius 1 is 1.50 bits per heavy atom. The minimum Gasteiger partial charge on any atom is -0.440 e. The van der Waals surface area contributed by atoms with Gasteiger partial charge in [0.2, 0.25) is 5.91 Å². The summed E-state index contributed by atoms with van der Waals surface area (Å²) in [5.74, 6) is 0.658. The molecule has 0 bridgehead atoms. The first-order chi connectivity index (χ1) is 10.6. The number of oxazole rings is 1. The summed E-state index contributed by atoms with van der Waals surface area (Å²) in [7, 11) is 1.94. The van der Waals surface area contributed by atoms with Crippen LogP contribution < -0.4 is 5.32 Å². The van der Waals surface area contributed by atoms with Crippen molar-refractivity contribution >= 4 is 17.0 Å². The number of carbonyl (C=O) groups is 1. The fourth-order valence-electron chi connectivity index (χ4n) is 2.52. The molecule has 6 heteroatoms. The van der Waals surface area contributed by atoms with E-state index in [1.165, 1.54) is 0 Å². The normalized spacial score (nSPS) is 20.9. The molecule has 1 fully saturated rings. The first kappa shape index (κ1) is 15.0. The molecule has 1 aliphatic rings. The number of likely N-dealkylation sites (N-methyl/N-ethyl adjacent to an activating group) is 1. The first-order valence-electron chi connectivity index (χ1n) is 7.56. The van der Waals surface area contributed by atoms with Crippen molar-refractivity contribution in [1.29, 1.82) is 0 Å². The van der Waals surface area contributed by atoms with Gasteiger partial charge in [0.05, 0.1) is 19.1 Å². The number of rotatable bonds is 4. The molecule has 3 rings (SSSR count). The Morgan fingerprint density at radius 2 is 2.32 bits per heavy atom. The van der Waals surface area contributed by atoms with E-state index in [1.807, 2.05) is 43.1 Å². The Balaban J connectivity index is 1.59. The summed E-state index contributed by atoms with van der Waals surface area (Å²) >= 11 is 0. The second-order valence-corrected chi connectivity index (χ2v) is 5.74. The van der Waals surface area contributed by atoms with Crippen molar-refractivity contribution in [1.82, 2.24) is 15.2 Å². The summed E-state index contributed by atoms with van der Waals surface area (Å²) in [6.07, 6.45) is 0. The van der Waals surface area contributed by atoms with Crippen LogP contribution in [0.4, 0.5) is 0 Å². The Kier molecular flexibility index (Phi) is 4.40. The lowest BCUT2D eigenvalue weighted by Gasteiger charge is -2.31. The highest BCUT2D eigenvalue weighted by atomic mass is 16.5. The van der Waals surface area contributed by atoms with E-state index in [0.29, 0.717) is 25.6 Å². The average Bonchev–Trinajstić information content (AvgIpc) is 2.97. The zero-order chi connectivity index (χ0) is 15.5. The lowest BCUT2D eigenvalue weighted by Crippen LogP contribution is -2.52. The van der Waals surface area contributed by atoms with Gasteiger partial charge in [0, 0.05) is 13.1 Å². The van der Waals surface area contributed by atoms with Crippen molar-refractivity contribution in [3.8, 4) is 0 Å². The monoisotopic (exact) mass is 303 g/mol. The van der Waals surface area contributed by atoms with E-state index in [2.05, 4.69) is 10.3 Å². The number of carbonyl (C=O) groups excluding carboxylic acids is 1. The summed E-state index contributed by atoms with van der Waals surface area (Å²) in [6.45, 7) is 4.39. The van der Waals surface area contributed by atoms with Crippen LogP contribution in [0.2, 0.25) is 0 Å². The van der Waals surface area contributed by atoms with Gasteiger partial charge in [-0.15, -0.1) is 0 Å². The van der Waals surface area contributed by atoms with Crippen LogP contribution in [0.25, 0.3) is 11.1 Å². The fraction of sp³-hybridized carbons (Fsp3) is 0.500. The molecule has 1 aromatic carbocycles. The van der Waals surface area contributed by atoms with Crippen LogP contribution in [0.15, 0.2) is 28.7 Å². The van der Waals surface area contributed by atoms with Crippen LogP contribution in [0.3, 0.4) is 0 Å². The molecule has 22 heavy (non-hydrogen) atoms. The number of ether oxygens (including phenoxy) is 1. The van der Waals surface area contributed by atoms with Crippen molar-refractivity contribution in [3.63, 3.8) is 0 Å². The number of nitrogens with zero attached hydrogens (tertiary/aromatic N) is 2. The predicted molar refractivity (Wildman–Crippen MR) is 82.7 cm³/mol. The minimum atomic E-state index is -0.218. The number of fused-ring (bicyclic) bond motifs is 1. The van der Waals surface area contributed by atoms with Crippen LogP contribution in [0, 0.1) is 0 Å². The molecule has 2 heterocycles. The van der Waals surface area contributed by atoms with E-state index in [9.17, 15) is 4.79 Å². The van der Waals surface area contributed by atoms with Crippen LogP contribution in [0.1, 0.15) is 18.7 Å². The highest BCUT2D eigenvalue weighted by Gasteiger charge is 2.27. The molecule has 2 unspecified atom stereocenters. The number of aromatic nitrogens is 1. The third-order valence-corrected chi connectivity index (χ3v) is 4.01. The molecule has 2 atom stereocenters. The van der Waals surface area contributed by atoms with Gasteiger partial charge in [0.15, 0.2) is 11.5 Å². The number of hydrogen-bond acceptors (Lipinski definition) is 5. The molecule has 0 radical (unpaired) electrons. The van der Waals surface area contributed by atoms with Crippen molar-refractivity contribution in [2.45, 2.75) is 18.9 Å². The van der Waals surface area contributed by atoms with E-state index >= 15 is 0 Å². The Morgan fingerprint density at radius 3 is 3.09 bits per heavy atom. The summed E-state index contributed by atoms with van der Waals surface area (Å²) in [4.78, 5) is 18.7. The van der Waals surface area contributed by atoms with Gasteiger partial charge in [0.25, 0.3) is 0 Å². The molecule has 0 spiro atoms. The summed E-state index contributed by atoms with van der Waals surface area (Å²) in [6, 6.07) is 7.44. The van der Waals surface area contributed by atoms with Crippen molar-refractivity contribution in [3.05, 3.63) is 30.2 Å². The van der Waals surface area contributed by atoms with Crippen LogP contribution in [0.5, 0.6) is 0 Å². The molecule has 1 N–H and O–H groups in total. The largest absolute Gasteiger partial charge is 0.440 e. The molecule has 1 amide bonds. The van der Waals surface area contributed by atoms with E-state index in [4.69, 9.17) is 9.15 Å². The third kappa shape index (κ3) is 3.13. The van der Waals surface area contributed by atoms with Gasteiger partial charge in [-0.2, -0.15) is 0 Å². The SMILES string of the molecule is CC(CNC(=O)C1COCCN1C)c1nc2ccccc2o1. The van der Waals surface area contributed by atoms with Gasteiger partial charge in [-0.05, 0) is 19.2 Å². The highest BCUT2D eigenvalue weighted by molar-refractivity contribution is 5.82. The lowest BCUT2D eigenvalue weighted by atomic mass is 10.1. The number of nitrogens with one attached hydrogen (secondary N) is 1. The van der Waals surface area contributed by atoms with Gasteiger partial charge >= 0.3 is 0 Å². The highest BCUT2D eigenvalue weighted by Crippen LogP contribution is 2.20. The van der Waals surface area contributed by atoms with E-state index < -0.39 is 0 Å². The molecule has 0 aliphatic carbocycles. The molecule has 6 nitrogen and oxygen atoms in total. The topological polar surface area (TPSA) is 67.6 Å².